The maximum Gasteiger partial charge on any atom is 0.126 e. The first-order valence-corrected chi connectivity index (χ1v) is 8.84. The van der Waals surface area contributed by atoms with Gasteiger partial charge in [0.1, 0.15) is 5.82 Å². The van der Waals surface area contributed by atoms with Gasteiger partial charge in [-0.2, -0.15) is 11.8 Å². The van der Waals surface area contributed by atoms with E-state index in [1.807, 2.05) is 18.8 Å². The fourth-order valence-corrected chi connectivity index (χ4v) is 4.34. The van der Waals surface area contributed by atoms with E-state index in [-0.39, 0.29) is 5.82 Å². The van der Waals surface area contributed by atoms with Gasteiger partial charge in [0.15, 0.2) is 0 Å². The van der Waals surface area contributed by atoms with Gasteiger partial charge >= 0.3 is 0 Å². The van der Waals surface area contributed by atoms with Crippen LogP contribution < -0.4 is 5.32 Å². The summed E-state index contributed by atoms with van der Waals surface area (Å²) in [4.78, 5) is 0. The molecule has 0 bridgehead atoms. The van der Waals surface area contributed by atoms with Crippen LogP contribution in [0.2, 0.25) is 5.02 Å². The Hall–Kier alpha value is -0.250. The summed E-state index contributed by atoms with van der Waals surface area (Å²) in [7, 11) is 1.95. The summed E-state index contributed by atoms with van der Waals surface area (Å²) in [6, 6.07) is 5.10. The van der Waals surface area contributed by atoms with Crippen LogP contribution in [0.1, 0.15) is 37.7 Å². The second kappa shape index (κ2) is 8.26. The lowest BCUT2D eigenvalue weighted by Gasteiger charge is -2.24. The van der Waals surface area contributed by atoms with Crippen LogP contribution in [0.5, 0.6) is 0 Å². The van der Waals surface area contributed by atoms with E-state index in [9.17, 15) is 4.39 Å². The fraction of sp³-hybridized carbons (Fsp3) is 0.625. The molecule has 1 aromatic rings. The fourth-order valence-electron chi connectivity index (χ4n) is 2.69. The predicted molar refractivity (Wildman–Crippen MR) is 87.3 cm³/mol. The van der Waals surface area contributed by atoms with Gasteiger partial charge in [0.25, 0.3) is 0 Å². The average molecular weight is 316 g/mol. The number of thioether (sulfide) groups is 1. The maximum atomic E-state index is 13.8. The Labute approximate surface area is 130 Å². The van der Waals surface area contributed by atoms with Gasteiger partial charge in [-0.05, 0) is 50.1 Å². The Morgan fingerprint density at radius 1 is 1.35 bits per heavy atom. The number of nitrogens with one attached hydrogen (secondary N) is 1. The van der Waals surface area contributed by atoms with Crippen molar-refractivity contribution in [1.82, 2.24) is 5.32 Å². The first-order valence-electron chi connectivity index (χ1n) is 7.42. The van der Waals surface area contributed by atoms with Crippen LogP contribution in [0, 0.1) is 5.82 Å². The molecule has 1 nitrogen and oxygen atoms in total. The molecule has 1 aliphatic carbocycles. The molecule has 1 atom stereocenters. The molecule has 0 radical (unpaired) electrons. The number of hydrogen-bond donors (Lipinski definition) is 1. The van der Waals surface area contributed by atoms with Crippen molar-refractivity contribution in [3.63, 3.8) is 0 Å². The number of halogens is 2. The summed E-state index contributed by atoms with van der Waals surface area (Å²) in [5.41, 5.74) is 0.709. The lowest BCUT2D eigenvalue weighted by atomic mass is 10.0. The molecule has 2 rings (SSSR count). The van der Waals surface area contributed by atoms with Crippen molar-refractivity contribution >= 4 is 23.4 Å². The molecule has 0 heterocycles. The van der Waals surface area contributed by atoms with E-state index < -0.39 is 0 Å². The molecule has 0 aromatic heterocycles. The molecule has 1 unspecified atom stereocenters. The van der Waals surface area contributed by atoms with Gasteiger partial charge in [-0.3, -0.25) is 0 Å². The zero-order chi connectivity index (χ0) is 14.4. The van der Waals surface area contributed by atoms with Crippen LogP contribution in [0.4, 0.5) is 4.39 Å². The van der Waals surface area contributed by atoms with Crippen molar-refractivity contribution in [3.05, 3.63) is 34.6 Å². The molecule has 0 amide bonds. The third kappa shape index (κ3) is 4.94. The highest BCUT2D eigenvalue weighted by Crippen LogP contribution is 2.29. The predicted octanol–water partition coefficient (Wildman–Crippen LogP) is 4.68. The van der Waals surface area contributed by atoms with Crippen LogP contribution in [0.3, 0.4) is 0 Å². The molecule has 1 N–H and O–H groups in total. The summed E-state index contributed by atoms with van der Waals surface area (Å²) in [5, 5.41) is 4.71. The monoisotopic (exact) mass is 315 g/mol. The molecule has 1 fully saturated rings. The van der Waals surface area contributed by atoms with Crippen molar-refractivity contribution in [1.29, 1.82) is 0 Å². The van der Waals surface area contributed by atoms with E-state index in [1.165, 1.54) is 38.2 Å². The molecule has 4 heteroatoms. The Balaban J connectivity index is 1.86. The van der Waals surface area contributed by atoms with Crippen LogP contribution in [0.25, 0.3) is 0 Å². The molecule has 1 saturated carbocycles. The van der Waals surface area contributed by atoms with Gasteiger partial charge in [-0.15, -0.1) is 0 Å². The lowest BCUT2D eigenvalue weighted by Crippen LogP contribution is -2.31. The molecular formula is C16H23ClFNS. The first-order chi connectivity index (χ1) is 9.69. The van der Waals surface area contributed by atoms with Crippen molar-refractivity contribution < 1.29 is 4.39 Å². The summed E-state index contributed by atoms with van der Waals surface area (Å²) in [6.45, 7) is 0. The highest BCUT2D eigenvalue weighted by molar-refractivity contribution is 7.99. The minimum absolute atomic E-state index is 0.155. The van der Waals surface area contributed by atoms with E-state index in [0.29, 0.717) is 23.0 Å². The zero-order valence-corrected chi connectivity index (χ0v) is 13.6. The molecular weight excluding hydrogens is 293 g/mol. The normalized spacial score (nSPS) is 18.1. The zero-order valence-electron chi connectivity index (χ0n) is 12.0. The third-order valence-electron chi connectivity index (χ3n) is 3.97. The summed E-state index contributed by atoms with van der Waals surface area (Å²) in [5.74, 6) is 0.880. The first kappa shape index (κ1) is 16.1. The Morgan fingerprint density at radius 2 is 2.10 bits per heavy atom. The van der Waals surface area contributed by atoms with Crippen LogP contribution >= 0.6 is 23.4 Å². The largest absolute Gasteiger partial charge is 0.316 e. The van der Waals surface area contributed by atoms with Gasteiger partial charge in [-0.1, -0.05) is 30.9 Å². The second-order valence-corrected chi connectivity index (χ2v) is 7.29. The van der Waals surface area contributed by atoms with Crippen LogP contribution in [-0.2, 0) is 6.42 Å². The van der Waals surface area contributed by atoms with Crippen LogP contribution in [-0.4, -0.2) is 24.1 Å². The minimum atomic E-state index is -0.155. The average Bonchev–Trinajstić information content (AvgIpc) is 2.48. The molecule has 112 valence electrons. The Kier molecular flexibility index (Phi) is 6.66. The van der Waals surface area contributed by atoms with Crippen molar-refractivity contribution in [2.75, 3.05) is 12.8 Å². The van der Waals surface area contributed by atoms with Gasteiger partial charge in [0.2, 0.25) is 0 Å². The quantitative estimate of drug-likeness (QED) is 0.818. The van der Waals surface area contributed by atoms with E-state index in [4.69, 9.17) is 11.6 Å². The SMILES string of the molecule is CNC(CSC1CCCCC1)Cc1cc(Cl)ccc1F. The van der Waals surface area contributed by atoms with Crippen molar-refractivity contribution in [2.45, 2.75) is 49.8 Å². The summed E-state index contributed by atoms with van der Waals surface area (Å²) >= 11 is 7.99. The number of benzene rings is 1. The van der Waals surface area contributed by atoms with E-state index in [1.54, 1.807) is 12.1 Å². The molecule has 0 saturated heterocycles. The van der Waals surface area contributed by atoms with Gasteiger partial charge in [-0.25, -0.2) is 4.39 Å². The second-order valence-electron chi connectivity index (χ2n) is 5.52. The van der Waals surface area contributed by atoms with Crippen molar-refractivity contribution in [3.8, 4) is 0 Å². The van der Waals surface area contributed by atoms with Gasteiger partial charge < -0.3 is 5.32 Å². The highest BCUT2D eigenvalue weighted by Gasteiger charge is 2.17. The molecule has 1 aliphatic rings. The smallest absolute Gasteiger partial charge is 0.126 e. The van der Waals surface area contributed by atoms with Crippen LogP contribution in [0.15, 0.2) is 18.2 Å². The summed E-state index contributed by atoms with van der Waals surface area (Å²) < 4.78 is 13.8. The number of rotatable bonds is 6. The van der Waals surface area contributed by atoms with Crippen molar-refractivity contribution in [2.24, 2.45) is 0 Å². The van der Waals surface area contributed by atoms with E-state index in [2.05, 4.69) is 5.32 Å². The topological polar surface area (TPSA) is 12.0 Å². The molecule has 0 spiro atoms. The number of likely N-dealkylation sites (N-methyl/N-ethyl adjacent to an activating group) is 1. The highest BCUT2D eigenvalue weighted by atomic mass is 35.5. The standard InChI is InChI=1S/C16H23ClFNS/c1-19-14(11-20-15-5-3-2-4-6-15)10-12-9-13(17)7-8-16(12)18/h7-9,14-15,19H,2-6,10-11H2,1H3. The third-order valence-corrected chi connectivity index (χ3v) is 5.74. The van der Waals surface area contributed by atoms with Gasteiger partial charge in [0, 0.05) is 22.1 Å². The summed E-state index contributed by atoms with van der Waals surface area (Å²) in [6.07, 6.45) is 7.50. The number of hydrogen-bond acceptors (Lipinski definition) is 2. The molecule has 0 aliphatic heterocycles. The Bertz CT molecular complexity index is 421. The Morgan fingerprint density at radius 3 is 2.80 bits per heavy atom. The maximum absolute atomic E-state index is 13.8. The van der Waals surface area contributed by atoms with E-state index >= 15 is 0 Å². The van der Waals surface area contributed by atoms with E-state index in [0.717, 1.165) is 11.0 Å². The lowest BCUT2D eigenvalue weighted by molar-refractivity contribution is 0.513. The molecule has 20 heavy (non-hydrogen) atoms. The molecule has 1 aromatic carbocycles. The van der Waals surface area contributed by atoms with Gasteiger partial charge in [0.05, 0.1) is 0 Å². The minimum Gasteiger partial charge on any atom is -0.316 e.